The lowest BCUT2D eigenvalue weighted by Crippen LogP contribution is -2.38. The Bertz CT molecular complexity index is 672. The van der Waals surface area contributed by atoms with Gasteiger partial charge in [-0.1, -0.05) is 0 Å². The van der Waals surface area contributed by atoms with E-state index in [1.54, 1.807) is 17.9 Å². The Labute approximate surface area is 120 Å². The van der Waals surface area contributed by atoms with Crippen molar-refractivity contribution in [2.45, 2.75) is 24.9 Å². The topological polar surface area (TPSA) is 114 Å². The summed E-state index contributed by atoms with van der Waals surface area (Å²) in [6, 6.07) is 0. The van der Waals surface area contributed by atoms with Gasteiger partial charge in [0.05, 0.1) is 12.4 Å². The van der Waals surface area contributed by atoms with Crippen LogP contribution in [0, 0.1) is 0 Å². The van der Waals surface area contributed by atoms with Crippen LogP contribution < -0.4 is 10.6 Å². The Morgan fingerprint density at radius 1 is 1.43 bits per heavy atom. The number of aliphatic hydroxyl groups is 1. The molecule has 3 atom stereocenters. The third-order valence-corrected chi connectivity index (χ3v) is 3.51. The zero-order valence-electron chi connectivity index (χ0n) is 11.6. The van der Waals surface area contributed by atoms with E-state index in [0.717, 1.165) is 0 Å². The largest absolute Gasteiger partial charge is 0.390 e. The first-order valence-corrected chi connectivity index (χ1v) is 6.56. The van der Waals surface area contributed by atoms with Crippen molar-refractivity contribution in [2.75, 3.05) is 19.4 Å². The van der Waals surface area contributed by atoms with Gasteiger partial charge >= 0.3 is 0 Å². The normalized spacial score (nSPS) is 25.2. The summed E-state index contributed by atoms with van der Waals surface area (Å²) < 4.78 is 7.33. The lowest BCUT2D eigenvalue weighted by molar-refractivity contribution is -0.137. The lowest BCUT2D eigenvalue weighted by Gasteiger charge is -2.14. The summed E-state index contributed by atoms with van der Waals surface area (Å²) in [7, 11) is 3.25. The second kappa shape index (κ2) is 5.26. The van der Waals surface area contributed by atoms with Crippen molar-refractivity contribution in [1.29, 1.82) is 0 Å². The average molecular weight is 292 g/mol. The van der Waals surface area contributed by atoms with Crippen LogP contribution in [0.25, 0.3) is 11.2 Å². The molecule has 1 amide bonds. The molecule has 3 rings (SSSR count). The maximum Gasteiger partial charge on any atom is 0.251 e. The smallest absolute Gasteiger partial charge is 0.251 e. The highest BCUT2D eigenvalue weighted by Gasteiger charge is 2.39. The van der Waals surface area contributed by atoms with Crippen LogP contribution in [-0.2, 0) is 9.53 Å². The summed E-state index contributed by atoms with van der Waals surface area (Å²) in [5, 5.41) is 15.4. The number of imidazole rings is 1. The van der Waals surface area contributed by atoms with Crippen molar-refractivity contribution in [3.8, 4) is 0 Å². The second-order valence-electron chi connectivity index (χ2n) is 4.72. The van der Waals surface area contributed by atoms with Gasteiger partial charge in [-0.15, -0.1) is 0 Å². The van der Waals surface area contributed by atoms with Crippen molar-refractivity contribution in [3.63, 3.8) is 0 Å². The fourth-order valence-electron chi connectivity index (χ4n) is 2.45. The number of aromatic nitrogens is 4. The van der Waals surface area contributed by atoms with Gasteiger partial charge in [0.15, 0.2) is 17.6 Å². The number of amides is 1. The predicted molar refractivity (Wildman–Crippen MR) is 73.5 cm³/mol. The molecule has 112 valence electrons. The van der Waals surface area contributed by atoms with Crippen LogP contribution in [0.5, 0.6) is 0 Å². The Balaban J connectivity index is 1.94. The summed E-state index contributed by atoms with van der Waals surface area (Å²) in [6.07, 6.45) is 1.05. The van der Waals surface area contributed by atoms with E-state index in [1.807, 2.05) is 0 Å². The molecule has 0 aliphatic carbocycles. The van der Waals surface area contributed by atoms with Crippen molar-refractivity contribution in [3.05, 3.63) is 12.7 Å². The number of aliphatic hydroxyl groups excluding tert-OH is 1. The van der Waals surface area contributed by atoms with Crippen LogP contribution in [0.3, 0.4) is 0 Å². The van der Waals surface area contributed by atoms with Gasteiger partial charge in [0.25, 0.3) is 5.91 Å². The molecule has 3 N–H and O–H groups in total. The van der Waals surface area contributed by atoms with Crippen molar-refractivity contribution >= 4 is 22.9 Å². The minimum absolute atomic E-state index is 0.294. The van der Waals surface area contributed by atoms with E-state index in [9.17, 15) is 9.90 Å². The molecule has 1 aliphatic heterocycles. The van der Waals surface area contributed by atoms with Gasteiger partial charge in [0, 0.05) is 20.5 Å². The Morgan fingerprint density at radius 3 is 2.95 bits per heavy atom. The molecule has 0 aromatic carbocycles. The third kappa shape index (κ3) is 2.20. The second-order valence-corrected chi connectivity index (χ2v) is 4.72. The molecule has 3 heterocycles. The van der Waals surface area contributed by atoms with E-state index >= 15 is 0 Å². The predicted octanol–water partition coefficient (Wildman–Crippen LogP) is -0.738. The minimum atomic E-state index is -0.886. The summed E-state index contributed by atoms with van der Waals surface area (Å²) in [5.74, 6) is 0.264. The van der Waals surface area contributed by atoms with Gasteiger partial charge in [-0.05, 0) is 0 Å². The molecule has 2 aromatic rings. The van der Waals surface area contributed by atoms with E-state index in [0.29, 0.717) is 23.4 Å². The minimum Gasteiger partial charge on any atom is -0.390 e. The number of nitrogens with zero attached hydrogens (tertiary/aromatic N) is 4. The van der Waals surface area contributed by atoms with Crippen LogP contribution in [0.15, 0.2) is 12.7 Å². The standard InChI is InChI=1S/C12H16N6O3/c1-13-10-8-11(16-4-15-10)18(5-17-8)7-3-6(19)9(21-7)12(20)14-2/h4-7,9,19H,3H2,1-2H3,(H,14,20)(H,13,15,16)/t6-,7+,9-/m0/s1. The molecule has 0 unspecified atom stereocenters. The third-order valence-electron chi connectivity index (χ3n) is 3.51. The van der Waals surface area contributed by atoms with Crippen molar-refractivity contribution in [2.24, 2.45) is 0 Å². The number of carbonyl (C=O) groups is 1. The van der Waals surface area contributed by atoms with Gasteiger partial charge in [-0.25, -0.2) is 15.0 Å². The number of ether oxygens (including phenoxy) is 1. The van der Waals surface area contributed by atoms with Gasteiger partial charge < -0.3 is 20.5 Å². The van der Waals surface area contributed by atoms with Crippen LogP contribution in [0.1, 0.15) is 12.6 Å². The molecular formula is C12H16N6O3. The summed E-state index contributed by atoms with van der Waals surface area (Å²) >= 11 is 0. The first-order valence-electron chi connectivity index (χ1n) is 6.56. The van der Waals surface area contributed by atoms with Crippen LogP contribution in [-0.4, -0.2) is 56.8 Å². The fourth-order valence-corrected chi connectivity index (χ4v) is 2.45. The zero-order valence-corrected chi connectivity index (χ0v) is 11.6. The van der Waals surface area contributed by atoms with Gasteiger partial charge in [0.1, 0.15) is 18.1 Å². The molecule has 0 spiro atoms. The highest BCUT2D eigenvalue weighted by molar-refractivity contribution is 5.83. The molecule has 21 heavy (non-hydrogen) atoms. The zero-order chi connectivity index (χ0) is 15.0. The lowest BCUT2D eigenvalue weighted by atomic mass is 10.1. The number of carbonyl (C=O) groups excluding carboxylic acids is 1. The SMILES string of the molecule is CNC(=O)[C@H]1O[C@@H](n2cnc3c(NC)ncnc32)C[C@@H]1O. The van der Waals surface area contributed by atoms with Gasteiger partial charge in [0.2, 0.25) is 0 Å². The average Bonchev–Trinajstić information content (AvgIpc) is 3.09. The fraction of sp³-hybridized carbons (Fsp3) is 0.500. The van der Waals surface area contributed by atoms with Crippen LogP contribution in [0.2, 0.25) is 0 Å². The molecule has 0 bridgehead atoms. The summed E-state index contributed by atoms with van der Waals surface area (Å²) in [6.45, 7) is 0. The van der Waals surface area contributed by atoms with E-state index in [2.05, 4.69) is 25.6 Å². The molecule has 2 aromatic heterocycles. The highest BCUT2D eigenvalue weighted by atomic mass is 16.5. The molecule has 9 nitrogen and oxygen atoms in total. The number of nitrogens with one attached hydrogen (secondary N) is 2. The monoisotopic (exact) mass is 292 g/mol. The van der Waals surface area contributed by atoms with Crippen LogP contribution >= 0.6 is 0 Å². The van der Waals surface area contributed by atoms with E-state index in [4.69, 9.17) is 4.74 Å². The molecule has 0 saturated carbocycles. The number of hydrogen-bond acceptors (Lipinski definition) is 7. The number of rotatable bonds is 3. The summed E-state index contributed by atoms with van der Waals surface area (Å²) in [5.41, 5.74) is 1.20. The molecule has 9 heteroatoms. The number of likely N-dealkylation sites (N-methyl/N-ethyl adjacent to an activating group) is 1. The van der Waals surface area contributed by atoms with Crippen molar-refractivity contribution in [1.82, 2.24) is 24.8 Å². The van der Waals surface area contributed by atoms with Crippen LogP contribution in [0.4, 0.5) is 5.82 Å². The molecule has 1 saturated heterocycles. The number of fused-ring (bicyclic) bond motifs is 1. The first kappa shape index (κ1) is 13.7. The number of anilines is 1. The van der Waals surface area contributed by atoms with E-state index in [1.165, 1.54) is 13.4 Å². The van der Waals surface area contributed by atoms with Gasteiger partial charge in [-0.2, -0.15) is 0 Å². The summed E-state index contributed by atoms with van der Waals surface area (Å²) in [4.78, 5) is 24.2. The molecular weight excluding hydrogens is 276 g/mol. The highest BCUT2D eigenvalue weighted by Crippen LogP contribution is 2.31. The molecule has 1 fully saturated rings. The quantitative estimate of drug-likeness (QED) is 0.682. The number of hydrogen-bond donors (Lipinski definition) is 3. The Morgan fingerprint density at radius 2 is 2.24 bits per heavy atom. The van der Waals surface area contributed by atoms with Crippen molar-refractivity contribution < 1.29 is 14.6 Å². The maximum absolute atomic E-state index is 11.6. The van der Waals surface area contributed by atoms with E-state index < -0.39 is 18.4 Å². The van der Waals surface area contributed by atoms with Gasteiger partial charge in [-0.3, -0.25) is 9.36 Å². The first-order chi connectivity index (χ1) is 10.2. The Hall–Kier alpha value is -2.26. The Kier molecular flexibility index (Phi) is 3.43. The molecule has 0 radical (unpaired) electrons. The maximum atomic E-state index is 11.6. The van der Waals surface area contributed by atoms with E-state index in [-0.39, 0.29) is 5.91 Å². The molecule has 1 aliphatic rings.